The molecule has 8 heteroatoms. The van der Waals surface area contributed by atoms with Gasteiger partial charge >= 0.3 is 0 Å². The molecule has 2 aromatic carbocycles. The van der Waals surface area contributed by atoms with Gasteiger partial charge in [0.05, 0.1) is 20.3 Å². The molecule has 2 amide bonds. The molecular formula is C27H26N2O6. The average Bonchev–Trinajstić information content (AvgIpc) is 3.31. The van der Waals surface area contributed by atoms with Gasteiger partial charge in [0.1, 0.15) is 11.6 Å². The molecule has 0 fully saturated rings. The lowest BCUT2D eigenvalue weighted by atomic mass is 9.93. The molecule has 2 aliphatic rings. The quantitative estimate of drug-likeness (QED) is 0.437. The number of rotatable bonds is 7. The number of methoxy groups -OCH3 is 1. The Morgan fingerprint density at radius 3 is 2.57 bits per heavy atom. The van der Waals surface area contributed by atoms with Crippen LogP contribution in [0.3, 0.4) is 0 Å². The smallest absolute Gasteiger partial charge is 0.271 e. The van der Waals surface area contributed by atoms with E-state index in [4.69, 9.17) is 18.9 Å². The summed E-state index contributed by atoms with van der Waals surface area (Å²) in [6.45, 7) is 6.37. The third-order valence-corrected chi connectivity index (χ3v) is 5.67. The van der Waals surface area contributed by atoms with Crippen LogP contribution >= 0.6 is 0 Å². The normalized spacial score (nSPS) is 16.2. The van der Waals surface area contributed by atoms with E-state index in [1.165, 1.54) is 0 Å². The predicted octanol–water partition coefficient (Wildman–Crippen LogP) is 4.25. The van der Waals surface area contributed by atoms with Crippen molar-refractivity contribution in [1.82, 2.24) is 4.90 Å². The highest BCUT2D eigenvalue weighted by Crippen LogP contribution is 2.35. The summed E-state index contributed by atoms with van der Waals surface area (Å²) in [5, 5.41) is 9.67. The minimum absolute atomic E-state index is 0.00456. The molecule has 2 aliphatic heterocycles. The molecule has 35 heavy (non-hydrogen) atoms. The second kappa shape index (κ2) is 9.94. The van der Waals surface area contributed by atoms with E-state index < -0.39 is 11.8 Å². The number of nitrogens with zero attached hydrogens (tertiary/aromatic N) is 2. The van der Waals surface area contributed by atoms with E-state index in [1.807, 2.05) is 6.07 Å². The number of ether oxygens (including phenoxy) is 4. The molecule has 0 atom stereocenters. The van der Waals surface area contributed by atoms with Gasteiger partial charge in [-0.1, -0.05) is 26.0 Å². The second-order valence-corrected chi connectivity index (χ2v) is 8.67. The van der Waals surface area contributed by atoms with E-state index in [0.717, 1.165) is 4.90 Å². The Balaban J connectivity index is 1.67. The van der Waals surface area contributed by atoms with Crippen LogP contribution in [0.4, 0.5) is 0 Å². The average molecular weight is 475 g/mol. The summed E-state index contributed by atoms with van der Waals surface area (Å²) < 4.78 is 22.0. The Hall–Kier alpha value is -4.25. The van der Waals surface area contributed by atoms with Gasteiger partial charge in [-0.15, -0.1) is 0 Å². The fraction of sp³-hybridized carbons (Fsp3) is 0.296. The molecule has 0 saturated carbocycles. The Morgan fingerprint density at radius 1 is 1.09 bits per heavy atom. The summed E-state index contributed by atoms with van der Waals surface area (Å²) in [6, 6.07) is 12.5. The molecule has 8 nitrogen and oxygen atoms in total. The molecule has 180 valence electrons. The number of amides is 2. The van der Waals surface area contributed by atoms with Crippen molar-refractivity contribution >= 4 is 17.9 Å². The monoisotopic (exact) mass is 474 g/mol. The van der Waals surface area contributed by atoms with Gasteiger partial charge in [0.2, 0.25) is 6.79 Å². The molecule has 0 bridgehead atoms. The van der Waals surface area contributed by atoms with Crippen molar-refractivity contribution in [3.63, 3.8) is 0 Å². The Morgan fingerprint density at radius 2 is 1.86 bits per heavy atom. The van der Waals surface area contributed by atoms with E-state index >= 15 is 0 Å². The van der Waals surface area contributed by atoms with Crippen molar-refractivity contribution in [2.75, 3.05) is 20.5 Å². The zero-order chi connectivity index (χ0) is 25.1. The Bertz CT molecular complexity index is 1290. The number of carbonyl (C=O) groups is 2. The summed E-state index contributed by atoms with van der Waals surface area (Å²) in [5.74, 6) is 1.53. The van der Waals surface area contributed by atoms with E-state index in [0.29, 0.717) is 52.2 Å². The lowest BCUT2D eigenvalue weighted by molar-refractivity contribution is -0.141. The molecule has 0 spiro atoms. The van der Waals surface area contributed by atoms with Crippen LogP contribution in [0.1, 0.15) is 31.9 Å². The molecular weight excluding hydrogens is 448 g/mol. The lowest BCUT2D eigenvalue weighted by Crippen LogP contribution is -2.42. The van der Waals surface area contributed by atoms with Crippen LogP contribution in [-0.2, 0) is 16.1 Å². The highest BCUT2D eigenvalue weighted by molar-refractivity contribution is 6.19. The maximum Gasteiger partial charge on any atom is 0.271 e. The first kappa shape index (κ1) is 23.9. The third kappa shape index (κ3) is 4.85. The van der Waals surface area contributed by atoms with Crippen molar-refractivity contribution in [1.29, 1.82) is 5.26 Å². The van der Waals surface area contributed by atoms with Gasteiger partial charge < -0.3 is 18.9 Å². The van der Waals surface area contributed by atoms with Crippen LogP contribution in [0.25, 0.3) is 6.08 Å². The standard InChI is InChI=1S/C27H26N2O6/c1-16(2)14-33-22-7-5-18(10-24(22)32-4)9-20-17(3)21(12-28)27(31)29(26(20)30)13-19-6-8-23-25(11-19)35-15-34-23/h5-11,16H,13-15H2,1-4H3/b20-9+. The number of imide groups is 1. The summed E-state index contributed by atoms with van der Waals surface area (Å²) in [7, 11) is 1.55. The SMILES string of the molecule is COc1cc(/C=C2/C(=O)N(Cc3ccc4c(c3)OCO4)C(=O)C(C#N)=C2C)ccc1OCC(C)C. The Labute approximate surface area is 204 Å². The van der Waals surface area contributed by atoms with Crippen molar-refractivity contribution < 1.29 is 28.5 Å². The highest BCUT2D eigenvalue weighted by atomic mass is 16.7. The van der Waals surface area contributed by atoms with Gasteiger partial charge in [-0.05, 0) is 59.9 Å². The first-order valence-electron chi connectivity index (χ1n) is 11.2. The van der Waals surface area contributed by atoms with E-state index in [2.05, 4.69) is 13.8 Å². The van der Waals surface area contributed by atoms with Gasteiger partial charge in [0.15, 0.2) is 23.0 Å². The number of fused-ring (bicyclic) bond motifs is 1. The molecule has 4 rings (SSSR count). The van der Waals surface area contributed by atoms with Crippen LogP contribution in [0, 0.1) is 17.2 Å². The highest BCUT2D eigenvalue weighted by Gasteiger charge is 2.35. The number of nitriles is 1. The van der Waals surface area contributed by atoms with Crippen molar-refractivity contribution in [2.45, 2.75) is 27.3 Å². The third-order valence-electron chi connectivity index (χ3n) is 5.67. The lowest BCUT2D eigenvalue weighted by Gasteiger charge is -2.27. The van der Waals surface area contributed by atoms with Crippen LogP contribution in [0.2, 0.25) is 0 Å². The maximum absolute atomic E-state index is 13.4. The summed E-state index contributed by atoms with van der Waals surface area (Å²) >= 11 is 0. The van der Waals surface area contributed by atoms with Gasteiger partial charge in [-0.25, -0.2) is 0 Å². The van der Waals surface area contributed by atoms with Crippen molar-refractivity contribution in [3.8, 4) is 29.1 Å². The fourth-order valence-electron chi connectivity index (χ4n) is 3.81. The molecule has 0 aliphatic carbocycles. The molecule has 0 aromatic heterocycles. The molecule has 0 unspecified atom stereocenters. The fourth-order valence-corrected chi connectivity index (χ4v) is 3.81. The largest absolute Gasteiger partial charge is 0.493 e. The van der Waals surface area contributed by atoms with Crippen LogP contribution in [-0.4, -0.2) is 37.2 Å². The topological polar surface area (TPSA) is 98.1 Å². The summed E-state index contributed by atoms with van der Waals surface area (Å²) in [6.07, 6.45) is 1.66. The van der Waals surface area contributed by atoms with Crippen molar-refractivity contribution in [3.05, 3.63) is 64.2 Å². The maximum atomic E-state index is 13.4. The minimum atomic E-state index is -0.625. The van der Waals surface area contributed by atoms with Gasteiger partial charge in [0.25, 0.3) is 11.8 Å². The zero-order valence-corrected chi connectivity index (χ0v) is 20.1. The molecule has 0 saturated heterocycles. The number of hydrogen-bond acceptors (Lipinski definition) is 7. The first-order chi connectivity index (χ1) is 16.8. The molecule has 2 aromatic rings. The van der Waals surface area contributed by atoms with E-state index in [1.54, 1.807) is 56.5 Å². The second-order valence-electron chi connectivity index (χ2n) is 8.67. The molecule has 0 radical (unpaired) electrons. The number of benzene rings is 2. The van der Waals surface area contributed by atoms with Gasteiger partial charge in [-0.3, -0.25) is 14.5 Å². The Kier molecular flexibility index (Phi) is 6.78. The van der Waals surface area contributed by atoms with Crippen LogP contribution in [0.5, 0.6) is 23.0 Å². The number of hydrogen-bond donors (Lipinski definition) is 0. The van der Waals surface area contributed by atoms with Crippen molar-refractivity contribution in [2.24, 2.45) is 5.92 Å². The van der Waals surface area contributed by atoms with Gasteiger partial charge in [-0.2, -0.15) is 5.26 Å². The van der Waals surface area contributed by atoms with Crippen LogP contribution in [0.15, 0.2) is 53.1 Å². The summed E-state index contributed by atoms with van der Waals surface area (Å²) in [5.41, 5.74) is 1.89. The molecule has 2 heterocycles. The summed E-state index contributed by atoms with van der Waals surface area (Å²) in [4.78, 5) is 27.5. The molecule has 0 N–H and O–H groups in total. The van der Waals surface area contributed by atoms with E-state index in [-0.39, 0.29) is 24.5 Å². The minimum Gasteiger partial charge on any atom is -0.493 e. The van der Waals surface area contributed by atoms with Gasteiger partial charge in [0, 0.05) is 5.57 Å². The first-order valence-corrected chi connectivity index (χ1v) is 11.2. The van der Waals surface area contributed by atoms with E-state index in [9.17, 15) is 14.9 Å². The number of carbonyl (C=O) groups excluding carboxylic acids is 2. The zero-order valence-electron chi connectivity index (χ0n) is 20.1. The predicted molar refractivity (Wildman–Crippen MR) is 128 cm³/mol. The van der Waals surface area contributed by atoms with Crippen LogP contribution < -0.4 is 18.9 Å².